The minimum absolute atomic E-state index is 0.167. The van der Waals surface area contributed by atoms with Crippen LogP contribution >= 0.6 is 22.9 Å². The zero-order valence-electron chi connectivity index (χ0n) is 10.5. The lowest BCUT2D eigenvalue weighted by atomic mass is 10.2. The van der Waals surface area contributed by atoms with E-state index in [2.05, 4.69) is 15.3 Å². The molecule has 2 heterocycles. The summed E-state index contributed by atoms with van der Waals surface area (Å²) in [5.41, 5.74) is 5.94. The van der Waals surface area contributed by atoms with Crippen LogP contribution in [0.25, 0.3) is 0 Å². The summed E-state index contributed by atoms with van der Waals surface area (Å²) in [6, 6.07) is 2.80. The molecule has 2 aromatic heterocycles. The first-order valence-electron chi connectivity index (χ1n) is 5.62. The number of aromatic nitrogens is 2. The minimum atomic E-state index is -0.253. The second-order valence-electron chi connectivity index (χ2n) is 4.11. The van der Waals surface area contributed by atoms with Crippen LogP contribution in [0.3, 0.4) is 0 Å². The second-order valence-corrected chi connectivity index (χ2v) is 5.76. The molecule has 2 rings (SSSR count). The first-order chi connectivity index (χ1) is 8.95. The number of anilines is 1. The van der Waals surface area contributed by atoms with Gasteiger partial charge in [-0.05, 0) is 26.0 Å². The van der Waals surface area contributed by atoms with Crippen LogP contribution in [0.15, 0.2) is 18.3 Å². The van der Waals surface area contributed by atoms with Crippen LogP contribution in [-0.4, -0.2) is 15.9 Å². The van der Waals surface area contributed by atoms with E-state index < -0.39 is 0 Å². The Labute approximate surface area is 119 Å². The molecule has 0 aromatic carbocycles. The number of hydrogen-bond acceptors (Lipinski definition) is 5. The SMILES string of the molecule is Cc1cnc(C(C)NC(=O)c2cc(N)nc(Cl)c2)s1. The van der Waals surface area contributed by atoms with E-state index in [-0.39, 0.29) is 22.9 Å². The molecule has 0 spiro atoms. The molecular formula is C12H13ClN4OS. The number of rotatable bonds is 3. The third-order valence-corrected chi connectivity index (χ3v) is 3.72. The van der Waals surface area contributed by atoms with Crippen LogP contribution in [0.1, 0.15) is 33.2 Å². The first-order valence-corrected chi connectivity index (χ1v) is 6.81. The normalized spacial score (nSPS) is 12.2. The molecule has 0 bridgehead atoms. The Hall–Kier alpha value is -1.66. The van der Waals surface area contributed by atoms with Crippen molar-refractivity contribution < 1.29 is 4.79 Å². The number of amides is 1. The summed E-state index contributed by atoms with van der Waals surface area (Å²) in [6.07, 6.45) is 1.78. The second kappa shape index (κ2) is 5.54. The average molecular weight is 297 g/mol. The zero-order chi connectivity index (χ0) is 14.0. The van der Waals surface area contributed by atoms with E-state index in [4.69, 9.17) is 17.3 Å². The van der Waals surface area contributed by atoms with Crippen molar-refractivity contribution in [3.05, 3.63) is 38.9 Å². The van der Waals surface area contributed by atoms with Gasteiger partial charge in [0.2, 0.25) is 0 Å². The molecule has 0 fully saturated rings. The molecule has 3 N–H and O–H groups in total. The van der Waals surface area contributed by atoms with Gasteiger partial charge >= 0.3 is 0 Å². The summed E-state index contributed by atoms with van der Waals surface area (Å²) in [4.78, 5) is 21.2. The van der Waals surface area contributed by atoms with Crippen molar-refractivity contribution in [1.29, 1.82) is 0 Å². The van der Waals surface area contributed by atoms with Gasteiger partial charge in [0.15, 0.2) is 0 Å². The molecule has 19 heavy (non-hydrogen) atoms. The Morgan fingerprint density at radius 3 is 2.84 bits per heavy atom. The molecule has 7 heteroatoms. The molecule has 1 atom stereocenters. The van der Waals surface area contributed by atoms with Crippen LogP contribution in [0.2, 0.25) is 5.15 Å². The van der Waals surface area contributed by atoms with E-state index in [1.807, 2.05) is 13.8 Å². The summed E-state index contributed by atoms with van der Waals surface area (Å²) in [7, 11) is 0. The summed E-state index contributed by atoms with van der Waals surface area (Å²) in [5, 5.41) is 3.90. The minimum Gasteiger partial charge on any atom is -0.384 e. The van der Waals surface area contributed by atoms with Gasteiger partial charge in [0.25, 0.3) is 5.91 Å². The van der Waals surface area contributed by atoms with Crippen LogP contribution in [-0.2, 0) is 0 Å². The van der Waals surface area contributed by atoms with Gasteiger partial charge in [-0.25, -0.2) is 9.97 Å². The molecule has 1 unspecified atom stereocenters. The number of pyridine rings is 1. The fraction of sp³-hybridized carbons (Fsp3) is 0.250. The van der Waals surface area contributed by atoms with Gasteiger partial charge in [-0.15, -0.1) is 11.3 Å². The number of nitrogen functional groups attached to an aromatic ring is 1. The lowest BCUT2D eigenvalue weighted by Gasteiger charge is -2.11. The molecule has 2 aromatic rings. The van der Waals surface area contributed by atoms with Gasteiger partial charge in [-0.1, -0.05) is 11.6 Å². The Morgan fingerprint density at radius 2 is 2.26 bits per heavy atom. The van der Waals surface area contributed by atoms with Crippen LogP contribution in [0, 0.1) is 6.92 Å². The lowest BCUT2D eigenvalue weighted by molar-refractivity contribution is 0.0940. The highest BCUT2D eigenvalue weighted by atomic mass is 35.5. The fourth-order valence-electron chi connectivity index (χ4n) is 1.56. The van der Waals surface area contributed by atoms with Crippen LogP contribution in [0.4, 0.5) is 5.82 Å². The average Bonchev–Trinajstić information content (AvgIpc) is 2.74. The molecule has 0 aliphatic heterocycles. The third kappa shape index (κ3) is 3.42. The monoisotopic (exact) mass is 296 g/mol. The number of carbonyl (C=O) groups excluding carboxylic acids is 1. The van der Waals surface area contributed by atoms with Gasteiger partial charge in [-0.3, -0.25) is 4.79 Å². The highest BCUT2D eigenvalue weighted by molar-refractivity contribution is 7.11. The predicted octanol–water partition coefficient (Wildman–Crippen LogP) is 2.57. The van der Waals surface area contributed by atoms with E-state index in [1.165, 1.54) is 12.1 Å². The molecular weight excluding hydrogens is 284 g/mol. The molecule has 1 amide bonds. The van der Waals surface area contributed by atoms with Gasteiger partial charge in [-0.2, -0.15) is 0 Å². The van der Waals surface area contributed by atoms with Gasteiger partial charge in [0, 0.05) is 16.6 Å². The quantitative estimate of drug-likeness (QED) is 0.853. The first kappa shape index (κ1) is 13.8. The number of aryl methyl sites for hydroxylation is 1. The summed E-state index contributed by atoms with van der Waals surface area (Å²) >= 11 is 7.32. The Morgan fingerprint density at radius 1 is 1.53 bits per heavy atom. The van der Waals surface area contributed by atoms with Crippen LogP contribution < -0.4 is 11.1 Å². The van der Waals surface area contributed by atoms with Gasteiger partial charge in [0.05, 0.1) is 6.04 Å². The summed E-state index contributed by atoms with van der Waals surface area (Å²) in [6.45, 7) is 3.85. The van der Waals surface area contributed by atoms with Crippen molar-refractivity contribution in [2.45, 2.75) is 19.9 Å². The third-order valence-electron chi connectivity index (χ3n) is 2.43. The molecule has 0 saturated carbocycles. The van der Waals surface area contributed by atoms with Gasteiger partial charge in [0.1, 0.15) is 16.0 Å². The largest absolute Gasteiger partial charge is 0.384 e. The van der Waals surface area contributed by atoms with E-state index in [0.29, 0.717) is 5.56 Å². The molecule has 5 nitrogen and oxygen atoms in total. The van der Waals surface area contributed by atoms with Gasteiger partial charge < -0.3 is 11.1 Å². The van der Waals surface area contributed by atoms with Crippen molar-refractivity contribution in [3.8, 4) is 0 Å². The summed E-state index contributed by atoms with van der Waals surface area (Å²) < 4.78 is 0. The molecule has 100 valence electrons. The molecule has 0 radical (unpaired) electrons. The number of hydrogen-bond donors (Lipinski definition) is 2. The zero-order valence-corrected chi connectivity index (χ0v) is 12.0. The lowest BCUT2D eigenvalue weighted by Crippen LogP contribution is -2.26. The number of nitrogens with one attached hydrogen (secondary N) is 1. The number of halogens is 1. The highest BCUT2D eigenvalue weighted by Gasteiger charge is 2.15. The fourth-order valence-corrected chi connectivity index (χ4v) is 2.55. The van der Waals surface area contributed by atoms with Crippen molar-refractivity contribution in [2.24, 2.45) is 0 Å². The van der Waals surface area contributed by atoms with Crippen molar-refractivity contribution in [1.82, 2.24) is 15.3 Å². The highest BCUT2D eigenvalue weighted by Crippen LogP contribution is 2.20. The van der Waals surface area contributed by atoms with Crippen molar-refractivity contribution >= 4 is 34.7 Å². The van der Waals surface area contributed by atoms with Crippen LogP contribution in [0.5, 0.6) is 0 Å². The number of carbonyl (C=O) groups is 1. The Kier molecular flexibility index (Phi) is 4.01. The van der Waals surface area contributed by atoms with E-state index in [0.717, 1.165) is 9.88 Å². The number of nitrogens with two attached hydrogens (primary N) is 1. The van der Waals surface area contributed by atoms with Crippen molar-refractivity contribution in [3.63, 3.8) is 0 Å². The standard InChI is InChI=1S/C12H13ClN4OS/c1-6-5-15-12(19-6)7(2)16-11(18)8-3-9(13)17-10(14)4-8/h3-5,7H,1-2H3,(H2,14,17)(H,16,18). The Balaban J connectivity index is 2.12. The number of thiazole rings is 1. The predicted molar refractivity (Wildman–Crippen MR) is 76.4 cm³/mol. The Bertz CT molecular complexity index is 593. The van der Waals surface area contributed by atoms with E-state index >= 15 is 0 Å². The topological polar surface area (TPSA) is 80.9 Å². The van der Waals surface area contributed by atoms with E-state index in [9.17, 15) is 4.79 Å². The smallest absolute Gasteiger partial charge is 0.252 e. The molecule has 0 aliphatic rings. The van der Waals surface area contributed by atoms with E-state index in [1.54, 1.807) is 17.5 Å². The maximum absolute atomic E-state index is 12.1. The number of nitrogens with zero attached hydrogens (tertiary/aromatic N) is 2. The molecule has 0 saturated heterocycles. The van der Waals surface area contributed by atoms with Crippen molar-refractivity contribution in [2.75, 3.05) is 5.73 Å². The molecule has 0 aliphatic carbocycles. The summed E-state index contributed by atoms with van der Waals surface area (Å²) in [5.74, 6) is -0.0354. The maximum Gasteiger partial charge on any atom is 0.252 e. The maximum atomic E-state index is 12.1.